The molecule has 0 radical (unpaired) electrons. The lowest BCUT2D eigenvalue weighted by molar-refractivity contribution is 0.357. The topological polar surface area (TPSA) is 55.9 Å². The molecule has 0 saturated carbocycles. The first-order chi connectivity index (χ1) is 10.3. The first-order valence-electron chi connectivity index (χ1n) is 7.84. The highest BCUT2D eigenvalue weighted by atomic mass is 15.2. The number of nitrogens with zero attached hydrogens (tertiary/aromatic N) is 2. The van der Waals surface area contributed by atoms with Crippen molar-refractivity contribution >= 4 is 0 Å². The first-order valence-corrected chi connectivity index (χ1v) is 7.84. The zero-order valence-electron chi connectivity index (χ0n) is 12.6. The number of aromatic nitrogens is 2. The van der Waals surface area contributed by atoms with Gasteiger partial charge in [0, 0.05) is 31.4 Å². The van der Waals surface area contributed by atoms with Crippen molar-refractivity contribution in [2.24, 2.45) is 11.8 Å². The van der Waals surface area contributed by atoms with Crippen molar-refractivity contribution in [3.8, 4) is 0 Å². The lowest BCUT2D eigenvalue weighted by Crippen LogP contribution is -2.43. The van der Waals surface area contributed by atoms with E-state index in [0.717, 1.165) is 38.1 Å². The van der Waals surface area contributed by atoms with Crippen molar-refractivity contribution in [2.45, 2.75) is 45.2 Å². The molecular weight excluding hydrogens is 260 g/mol. The van der Waals surface area contributed by atoms with Crippen LogP contribution in [-0.4, -0.2) is 15.6 Å². The van der Waals surface area contributed by atoms with Crippen molar-refractivity contribution in [1.29, 1.82) is 0 Å². The Morgan fingerprint density at radius 1 is 1.33 bits per heavy atom. The summed E-state index contributed by atoms with van der Waals surface area (Å²) in [5.74, 6) is 7.53. The average Bonchev–Trinajstić information content (AvgIpc) is 3.11. The summed E-state index contributed by atoms with van der Waals surface area (Å²) < 4.78 is 2.24. The lowest BCUT2D eigenvalue weighted by Gasteiger charge is -2.22. The van der Waals surface area contributed by atoms with Gasteiger partial charge in [-0.1, -0.05) is 31.2 Å². The van der Waals surface area contributed by atoms with Crippen LogP contribution in [0.5, 0.6) is 0 Å². The molecule has 1 atom stereocenters. The molecule has 1 unspecified atom stereocenters. The smallest absolute Gasteiger partial charge is 0.110 e. The third kappa shape index (κ3) is 3.01. The fraction of sp³-hybridized carbons (Fsp3) is 0.471. The number of rotatable bonds is 6. The Kier molecular flexibility index (Phi) is 4.36. The van der Waals surface area contributed by atoms with E-state index in [-0.39, 0.29) is 6.04 Å². The number of hydrogen-bond acceptors (Lipinski definition) is 3. The minimum atomic E-state index is 0.274. The van der Waals surface area contributed by atoms with Gasteiger partial charge in [-0.05, 0) is 36.3 Å². The summed E-state index contributed by atoms with van der Waals surface area (Å²) in [5, 5.41) is 0. The van der Waals surface area contributed by atoms with Crippen molar-refractivity contribution in [3.63, 3.8) is 0 Å². The minimum Gasteiger partial charge on any atom is -0.335 e. The Balaban J connectivity index is 1.70. The van der Waals surface area contributed by atoms with Gasteiger partial charge in [-0.25, -0.2) is 4.98 Å². The van der Waals surface area contributed by atoms with Crippen LogP contribution in [0.3, 0.4) is 0 Å². The van der Waals surface area contributed by atoms with Gasteiger partial charge in [-0.2, -0.15) is 0 Å². The van der Waals surface area contributed by atoms with Crippen LogP contribution in [-0.2, 0) is 25.8 Å². The summed E-state index contributed by atoms with van der Waals surface area (Å²) in [6.45, 7) is 3.22. The van der Waals surface area contributed by atoms with Gasteiger partial charge in [0.15, 0.2) is 0 Å². The molecule has 4 heteroatoms. The minimum absolute atomic E-state index is 0.274. The molecule has 0 spiro atoms. The van der Waals surface area contributed by atoms with Gasteiger partial charge in [0.1, 0.15) is 5.82 Å². The van der Waals surface area contributed by atoms with Crippen LogP contribution in [0.4, 0.5) is 0 Å². The van der Waals surface area contributed by atoms with Gasteiger partial charge in [0.05, 0.1) is 0 Å². The molecule has 3 rings (SSSR count). The fourth-order valence-corrected chi connectivity index (χ4v) is 3.41. The van der Waals surface area contributed by atoms with Crippen LogP contribution in [0.15, 0.2) is 36.7 Å². The molecule has 1 heterocycles. The SMILES string of the molecule is CCCn1ccnc1CC(NN)C1Cc2ccccc2C1. The highest BCUT2D eigenvalue weighted by Crippen LogP contribution is 2.29. The number of benzene rings is 1. The van der Waals surface area contributed by atoms with Gasteiger partial charge < -0.3 is 4.57 Å². The van der Waals surface area contributed by atoms with Gasteiger partial charge in [0.2, 0.25) is 0 Å². The van der Waals surface area contributed by atoms with Crippen LogP contribution < -0.4 is 11.3 Å². The molecule has 4 nitrogen and oxygen atoms in total. The maximum Gasteiger partial charge on any atom is 0.110 e. The summed E-state index contributed by atoms with van der Waals surface area (Å²) in [6, 6.07) is 9.00. The number of imidazole rings is 1. The Morgan fingerprint density at radius 2 is 2.05 bits per heavy atom. The van der Waals surface area contributed by atoms with Crippen molar-refractivity contribution in [2.75, 3.05) is 0 Å². The maximum atomic E-state index is 5.84. The van der Waals surface area contributed by atoms with Crippen LogP contribution in [0, 0.1) is 5.92 Å². The molecule has 0 aliphatic heterocycles. The van der Waals surface area contributed by atoms with E-state index >= 15 is 0 Å². The van der Waals surface area contributed by atoms with E-state index < -0.39 is 0 Å². The predicted molar refractivity (Wildman–Crippen MR) is 84.7 cm³/mol. The Hall–Kier alpha value is -1.65. The average molecular weight is 284 g/mol. The number of nitrogens with two attached hydrogens (primary N) is 1. The maximum absolute atomic E-state index is 5.84. The van der Waals surface area contributed by atoms with Crippen LogP contribution in [0.25, 0.3) is 0 Å². The molecular formula is C17H24N4. The molecule has 1 aliphatic rings. The van der Waals surface area contributed by atoms with Gasteiger partial charge in [0.25, 0.3) is 0 Å². The largest absolute Gasteiger partial charge is 0.335 e. The highest BCUT2D eigenvalue weighted by Gasteiger charge is 2.28. The second-order valence-electron chi connectivity index (χ2n) is 5.95. The summed E-state index contributed by atoms with van der Waals surface area (Å²) >= 11 is 0. The Bertz CT molecular complexity index is 565. The third-order valence-electron chi connectivity index (χ3n) is 4.53. The number of hydrogen-bond donors (Lipinski definition) is 2. The van der Waals surface area contributed by atoms with Crippen molar-refractivity contribution in [1.82, 2.24) is 15.0 Å². The molecule has 0 amide bonds. The van der Waals surface area contributed by atoms with E-state index in [1.807, 2.05) is 6.20 Å². The van der Waals surface area contributed by atoms with Gasteiger partial charge >= 0.3 is 0 Å². The molecule has 0 saturated heterocycles. The van der Waals surface area contributed by atoms with Crippen LogP contribution in [0.1, 0.15) is 30.3 Å². The zero-order valence-corrected chi connectivity index (χ0v) is 12.6. The summed E-state index contributed by atoms with van der Waals surface area (Å²) in [7, 11) is 0. The number of fused-ring (bicyclic) bond motifs is 1. The van der Waals surface area contributed by atoms with E-state index in [4.69, 9.17) is 5.84 Å². The highest BCUT2D eigenvalue weighted by molar-refractivity contribution is 5.32. The third-order valence-corrected chi connectivity index (χ3v) is 4.53. The molecule has 1 aromatic carbocycles. The zero-order chi connectivity index (χ0) is 14.7. The quantitative estimate of drug-likeness (QED) is 0.631. The molecule has 3 N–H and O–H groups in total. The fourth-order valence-electron chi connectivity index (χ4n) is 3.41. The monoisotopic (exact) mass is 284 g/mol. The molecule has 21 heavy (non-hydrogen) atoms. The molecule has 0 fully saturated rings. The molecule has 1 aliphatic carbocycles. The number of hydrazine groups is 1. The molecule has 112 valence electrons. The molecule has 0 bridgehead atoms. The predicted octanol–water partition coefficient (Wildman–Crippen LogP) is 2.08. The van der Waals surface area contributed by atoms with Crippen molar-refractivity contribution < 1.29 is 0 Å². The van der Waals surface area contributed by atoms with E-state index in [0.29, 0.717) is 5.92 Å². The van der Waals surface area contributed by atoms with E-state index in [9.17, 15) is 0 Å². The summed E-state index contributed by atoms with van der Waals surface area (Å²) in [5.41, 5.74) is 5.98. The molecule has 2 aromatic rings. The standard InChI is InChI=1S/C17H24N4/c1-2-8-21-9-7-19-17(21)12-16(20-18)15-10-13-5-3-4-6-14(13)11-15/h3-7,9,15-16,20H,2,8,10-12,18H2,1H3. The van der Waals surface area contributed by atoms with Gasteiger partial charge in [-0.15, -0.1) is 0 Å². The normalized spacial score (nSPS) is 16.1. The Morgan fingerprint density at radius 3 is 2.67 bits per heavy atom. The van der Waals surface area contributed by atoms with Crippen molar-refractivity contribution in [3.05, 3.63) is 53.6 Å². The second-order valence-corrected chi connectivity index (χ2v) is 5.95. The van der Waals surface area contributed by atoms with E-state index in [1.165, 1.54) is 11.1 Å². The molecule has 1 aromatic heterocycles. The van der Waals surface area contributed by atoms with Gasteiger partial charge in [-0.3, -0.25) is 11.3 Å². The summed E-state index contributed by atoms with van der Waals surface area (Å²) in [4.78, 5) is 4.51. The summed E-state index contributed by atoms with van der Waals surface area (Å²) in [6.07, 6.45) is 8.19. The lowest BCUT2D eigenvalue weighted by atomic mass is 9.94. The Labute approximate surface area is 126 Å². The number of aryl methyl sites for hydroxylation is 1. The van der Waals surface area contributed by atoms with Crippen LogP contribution >= 0.6 is 0 Å². The second kappa shape index (κ2) is 6.41. The van der Waals surface area contributed by atoms with E-state index in [1.54, 1.807) is 0 Å². The first kappa shape index (κ1) is 14.3. The van der Waals surface area contributed by atoms with E-state index in [2.05, 4.69) is 52.4 Å². The number of nitrogens with one attached hydrogen (secondary N) is 1. The van der Waals surface area contributed by atoms with Crippen LogP contribution in [0.2, 0.25) is 0 Å².